The molecular weight excluding hydrogens is 455 g/mol. The third-order valence-electron chi connectivity index (χ3n) is 4.70. The highest BCUT2D eigenvalue weighted by Gasteiger charge is 2.26. The molecule has 0 radical (unpaired) electrons. The molecule has 0 aliphatic heterocycles. The summed E-state index contributed by atoms with van der Waals surface area (Å²) in [7, 11) is -7.52. The minimum Gasteiger partial charge on any atom is -0.508 e. The molecule has 0 amide bonds. The van der Waals surface area contributed by atoms with Crippen LogP contribution in [0.5, 0.6) is 5.75 Å². The number of sulfonamides is 2. The number of aromatic hydroxyl groups is 1. The first-order valence-corrected chi connectivity index (χ1v) is 13.5. The molecule has 32 heavy (non-hydrogen) atoms. The number of benzene rings is 2. The summed E-state index contributed by atoms with van der Waals surface area (Å²) in [5, 5.41) is 9.78. The summed E-state index contributed by atoms with van der Waals surface area (Å²) in [5.41, 5.74) is 0.174. The van der Waals surface area contributed by atoms with Gasteiger partial charge in [-0.1, -0.05) is 31.2 Å². The fourth-order valence-electron chi connectivity index (χ4n) is 3.23. The van der Waals surface area contributed by atoms with Crippen molar-refractivity contribution in [2.24, 2.45) is 0 Å². The fraction of sp³-hybridized carbons (Fsp3) is 0.455. The zero-order valence-corrected chi connectivity index (χ0v) is 20.4. The quantitative estimate of drug-likeness (QED) is 0.478. The standard InChI is InChI=1S/C22H31FN2O5S2/c1-5-19(24-31(27,28)13-12-16-10-11-18(23)15-20(16)26)14-17-8-6-7-9-21(17)32(29,30)25-22(2,3)4/h6-11,15,19,24-26H,5,12-14H2,1-4H3. The average molecular weight is 487 g/mol. The minimum absolute atomic E-state index is 0.0123. The van der Waals surface area contributed by atoms with Crippen molar-refractivity contribution in [1.29, 1.82) is 0 Å². The van der Waals surface area contributed by atoms with Crippen LogP contribution in [0.1, 0.15) is 45.2 Å². The monoisotopic (exact) mass is 486 g/mol. The molecule has 1 atom stereocenters. The van der Waals surface area contributed by atoms with Gasteiger partial charge < -0.3 is 5.11 Å². The zero-order valence-electron chi connectivity index (χ0n) is 18.7. The first-order chi connectivity index (χ1) is 14.7. The Hall–Kier alpha value is -2.01. The van der Waals surface area contributed by atoms with E-state index in [1.165, 1.54) is 12.1 Å². The maximum Gasteiger partial charge on any atom is 0.241 e. The van der Waals surface area contributed by atoms with Crippen molar-refractivity contribution in [3.05, 3.63) is 59.4 Å². The molecule has 3 N–H and O–H groups in total. The molecule has 0 saturated carbocycles. The Balaban J connectivity index is 2.15. The van der Waals surface area contributed by atoms with Gasteiger partial charge in [0.15, 0.2) is 0 Å². The van der Waals surface area contributed by atoms with E-state index < -0.39 is 37.4 Å². The smallest absolute Gasteiger partial charge is 0.241 e. The van der Waals surface area contributed by atoms with Crippen LogP contribution >= 0.6 is 0 Å². The van der Waals surface area contributed by atoms with Crippen LogP contribution in [0.25, 0.3) is 0 Å². The molecule has 0 fully saturated rings. The number of rotatable bonds is 10. The highest BCUT2D eigenvalue weighted by Crippen LogP contribution is 2.21. The molecule has 1 unspecified atom stereocenters. The van der Waals surface area contributed by atoms with Gasteiger partial charge in [-0.3, -0.25) is 0 Å². The molecule has 0 bridgehead atoms. The zero-order chi connectivity index (χ0) is 24.2. The van der Waals surface area contributed by atoms with E-state index in [1.807, 2.05) is 6.92 Å². The number of aryl methyl sites for hydroxylation is 1. The Kier molecular flexibility index (Phi) is 8.44. The van der Waals surface area contributed by atoms with E-state index in [4.69, 9.17) is 0 Å². The second-order valence-corrected chi connectivity index (χ2v) is 12.3. The van der Waals surface area contributed by atoms with E-state index in [0.29, 0.717) is 17.5 Å². The molecule has 2 aromatic rings. The maximum absolute atomic E-state index is 13.1. The van der Waals surface area contributed by atoms with E-state index in [1.54, 1.807) is 39.0 Å². The van der Waals surface area contributed by atoms with Crippen LogP contribution in [-0.2, 0) is 32.9 Å². The molecule has 10 heteroatoms. The SMILES string of the molecule is CCC(Cc1ccccc1S(=O)(=O)NC(C)(C)C)NS(=O)(=O)CCc1ccc(F)cc1O. The van der Waals surface area contributed by atoms with E-state index in [0.717, 1.165) is 12.1 Å². The number of phenols is 1. The lowest BCUT2D eigenvalue weighted by atomic mass is 10.1. The van der Waals surface area contributed by atoms with Crippen molar-refractivity contribution in [1.82, 2.24) is 9.44 Å². The van der Waals surface area contributed by atoms with Gasteiger partial charge in [0.05, 0.1) is 10.6 Å². The van der Waals surface area contributed by atoms with Crippen molar-refractivity contribution in [3.8, 4) is 5.75 Å². The summed E-state index contributed by atoms with van der Waals surface area (Å²) in [6, 6.07) is 9.44. The lowest BCUT2D eigenvalue weighted by molar-refractivity contribution is 0.462. The predicted molar refractivity (Wildman–Crippen MR) is 123 cm³/mol. The van der Waals surface area contributed by atoms with Gasteiger partial charge in [0.1, 0.15) is 11.6 Å². The van der Waals surface area contributed by atoms with Crippen molar-refractivity contribution in [2.45, 2.75) is 63.4 Å². The molecule has 7 nitrogen and oxygen atoms in total. The van der Waals surface area contributed by atoms with Crippen LogP contribution in [0, 0.1) is 5.82 Å². The molecule has 0 saturated heterocycles. The van der Waals surface area contributed by atoms with Gasteiger partial charge in [-0.25, -0.2) is 30.7 Å². The van der Waals surface area contributed by atoms with Crippen molar-refractivity contribution in [2.75, 3.05) is 5.75 Å². The molecule has 0 heterocycles. The Morgan fingerprint density at radius 1 is 1.03 bits per heavy atom. The summed E-state index contributed by atoms with van der Waals surface area (Å²) in [6.07, 6.45) is 0.652. The van der Waals surface area contributed by atoms with E-state index in [-0.39, 0.29) is 29.2 Å². The van der Waals surface area contributed by atoms with Crippen LogP contribution in [0.4, 0.5) is 4.39 Å². The molecule has 178 valence electrons. The first kappa shape index (κ1) is 26.2. The topological polar surface area (TPSA) is 113 Å². The lowest BCUT2D eigenvalue weighted by Crippen LogP contribution is -2.41. The van der Waals surface area contributed by atoms with Gasteiger partial charge in [-0.2, -0.15) is 0 Å². The Bertz CT molecular complexity index is 1140. The summed E-state index contributed by atoms with van der Waals surface area (Å²) in [4.78, 5) is 0.115. The first-order valence-electron chi connectivity index (χ1n) is 10.3. The highest BCUT2D eigenvalue weighted by molar-refractivity contribution is 7.89. The van der Waals surface area contributed by atoms with E-state index in [9.17, 15) is 26.3 Å². The van der Waals surface area contributed by atoms with Crippen LogP contribution in [0.3, 0.4) is 0 Å². The average Bonchev–Trinajstić information content (AvgIpc) is 2.65. The second kappa shape index (κ2) is 10.3. The molecule has 0 aromatic heterocycles. The maximum atomic E-state index is 13.1. The molecule has 0 spiro atoms. The third-order valence-corrected chi connectivity index (χ3v) is 7.99. The van der Waals surface area contributed by atoms with Crippen LogP contribution in [0.15, 0.2) is 47.4 Å². The molecule has 0 aliphatic carbocycles. The van der Waals surface area contributed by atoms with Crippen molar-refractivity contribution < 1.29 is 26.3 Å². The summed E-state index contributed by atoms with van der Waals surface area (Å²) in [5.74, 6) is -1.20. The minimum atomic E-state index is -3.79. The largest absolute Gasteiger partial charge is 0.508 e. The molecule has 2 aromatic carbocycles. The van der Waals surface area contributed by atoms with Gasteiger partial charge in [0, 0.05) is 17.6 Å². The van der Waals surface area contributed by atoms with Crippen molar-refractivity contribution >= 4 is 20.0 Å². The fourth-order valence-corrected chi connectivity index (χ4v) is 6.27. The molecule has 2 rings (SSSR count). The predicted octanol–water partition coefficient (Wildman–Crippen LogP) is 3.09. The normalized spacial score (nSPS) is 13.8. The molecular formula is C22H31FN2O5S2. The number of nitrogens with one attached hydrogen (secondary N) is 2. The number of halogens is 1. The lowest BCUT2D eigenvalue weighted by Gasteiger charge is -2.23. The number of hydrogen-bond donors (Lipinski definition) is 3. The van der Waals surface area contributed by atoms with E-state index in [2.05, 4.69) is 9.44 Å². The highest BCUT2D eigenvalue weighted by atomic mass is 32.2. The summed E-state index contributed by atoms with van der Waals surface area (Å²) >= 11 is 0. The summed E-state index contributed by atoms with van der Waals surface area (Å²) < 4.78 is 69.3. The third kappa shape index (κ3) is 7.84. The summed E-state index contributed by atoms with van der Waals surface area (Å²) in [6.45, 7) is 7.04. The second-order valence-electron chi connectivity index (χ2n) is 8.73. The van der Waals surface area contributed by atoms with Crippen LogP contribution in [0.2, 0.25) is 0 Å². The Labute approximate surface area is 190 Å². The van der Waals surface area contributed by atoms with Gasteiger partial charge in [-0.05, 0) is 63.3 Å². The van der Waals surface area contributed by atoms with Gasteiger partial charge >= 0.3 is 0 Å². The van der Waals surface area contributed by atoms with Gasteiger partial charge in [0.2, 0.25) is 20.0 Å². The molecule has 0 aliphatic rings. The van der Waals surface area contributed by atoms with Crippen LogP contribution in [-0.4, -0.2) is 39.3 Å². The van der Waals surface area contributed by atoms with Crippen molar-refractivity contribution in [3.63, 3.8) is 0 Å². The van der Waals surface area contributed by atoms with Crippen LogP contribution < -0.4 is 9.44 Å². The van der Waals surface area contributed by atoms with Gasteiger partial charge in [0.25, 0.3) is 0 Å². The van der Waals surface area contributed by atoms with E-state index >= 15 is 0 Å². The van der Waals surface area contributed by atoms with Gasteiger partial charge in [-0.15, -0.1) is 0 Å². The number of phenolic OH excluding ortho intramolecular Hbond substituents is 1. The Morgan fingerprint density at radius 2 is 1.69 bits per heavy atom. The Morgan fingerprint density at radius 3 is 2.28 bits per heavy atom. The number of hydrogen-bond acceptors (Lipinski definition) is 5.